The van der Waals surface area contributed by atoms with Crippen molar-refractivity contribution in [1.82, 2.24) is 5.32 Å². The van der Waals surface area contributed by atoms with Gasteiger partial charge in [-0.25, -0.2) is 0 Å². The van der Waals surface area contributed by atoms with Crippen LogP contribution in [0.4, 0.5) is 0 Å². The SMILES string of the molecule is COc1cc(/C=C/C(=O)NC(C)c2cccc3ccccc23)ccc1OCC(N)=O. The lowest BCUT2D eigenvalue weighted by Gasteiger charge is -2.15. The number of methoxy groups -OCH3 is 1. The summed E-state index contributed by atoms with van der Waals surface area (Å²) in [7, 11) is 1.50. The molecule has 0 aliphatic carbocycles. The van der Waals surface area contributed by atoms with Crippen LogP contribution < -0.4 is 20.5 Å². The maximum Gasteiger partial charge on any atom is 0.255 e. The number of primary amides is 1. The fourth-order valence-corrected chi connectivity index (χ4v) is 3.20. The Morgan fingerprint density at radius 3 is 2.60 bits per heavy atom. The predicted molar refractivity (Wildman–Crippen MR) is 117 cm³/mol. The topological polar surface area (TPSA) is 90.7 Å². The largest absolute Gasteiger partial charge is 0.493 e. The zero-order valence-corrected chi connectivity index (χ0v) is 16.9. The second kappa shape index (κ2) is 9.60. The lowest BCUT2D eigenvalue weighted by atomic mass is 10.00. The van der Waals surface area contributed by atoms with E-state index < -0.39 is 5.91 Å². The number of nitrogens with one attached hydrogen (secondary N) is 1. The van der Waals surface area contributed by atoms with Crippen molar-refractivity contribution >= 4 is 28.7 Å². The first-order chi connectivity index (χ1) is 14.5. The normalized spacial score (nSPS) is 11.9. The first-order valence-corrected chi connectivity index (χ1v) is 9.53. The molecule has 0 saturated heterocycles. The zero-order valence-electron chi connectivity index (χ0n) is 16.9. The molecule has 30 heavy (non-hydrogen) atoms. The van der Waals surface area contributed by atoms with Gasteiger partial charge in [-0.3, -0.25) is 9.59 Å². The molecule has 0 radical (unpaired) electrons. The quantitative estimate of drug-likeness (QED) is 0.561. The summed E-state index contributed by atoms with van der Waals surface area (Å²) < 4.78 is 10.6. The number of carbonyl (C=O) groups is 2. The molecule has 1 atom stereocenters. The first kappa shape index (κ1) is 20.9. The van der Waals surface area contributed by atoms with Crippen molar-refractivity contribution < 1.29 is 19.1 Å². The molecule has 3 N–H and O–H groups in total. The Morgan fingerprint density at radius 1 is 1.07 bits per heavy atom. The van der Waals surface area contributed by atoms with Gasteiger partial charge in [0.05, 0.1) is 13.2 Å². The number of hydrogen-bond acceptors (Lipinski definition) is 4. The fourth-order valence-electron chi connectivity index (χ4n) is 3.20. The minimum Gasteiger partial charge on any atom is -0.493 e. The van der Waals surface area contributed by atoms with Crippen molar-refractivity contribution in [3.63, 3.8) is 0 Å². The Kier molecular flexibility index (Phi) is 6.70. The minimum absolute atomic E-state index is 0.146. The van der Waals surface area contributed by atoms with Gasteiger partial charge in [-0.15, -0.1) is 0 Å². The van der Waals surface area contributed by atoms with Crippen LogP contribution in [0.2, 0.25) is 0 Å². The van der Waals surface area contributed by atoms with Gasteiger partial charge in [0.15, 0.2) is 18.1 Å². The van der Waals surface area contributed by atoms with E-state index >= 15 is 0 Å². The Hall–Kier alpha value is -3.80. The van der Waals surface area contributed by atoms with Crippen molar-refractivity contribution in [3.05, 3.63) is 77.9 Å². The van der Waals surface area contributed by atoms with E-state index in [4.69, 9.17) is 15.2 Å². The van der Waals surface area contributed by atoms with Gasteiger partial charge in [0.1, 0.15) is 0 Å². The van der Waals surface area contributed by atoms with Gasteiger partial charge in [-0.05, 0) is 47.0 Å². The second-order valence-corrected chi connectivity index (χ2v) is 6.80. The molecule has 6 heteroatoms. The number of carbonyl (C=O) groups excluding carboxylic acids is 2. The summed E-state index contributed by atoms with van der Waals surface area (Å²) in [6, 6.07) is 19.2. The van der Waals surface area contributed by atoms with Gasteiger partial charge in [0.2, 0.25) is 5.91 Å². The highest BCUT2D eigenvalue weighted by Gasteiger charge is 2.11. The molecular weight excluding hydrogens is 380 g/mol. The van der Waals surface area contributed by atoms with Gasteiger partial charge in [-0.1, -0.05) is 48.5 Å². The summed E-state index contributed by atoms with van der Waals surface area (Å²) in [6.45, 7) is 1.72. The van der Waals surface area contributed by atoms with Crippen molar-refractivity contribution in [3.8, 4) is 11.5 Å². The van der Waals surface area contributed by atoms with Gasteiger partial charge in [-0.2, -0.15) is 0 Å². The van der Waals surface area contributed by atoms with Crippen molar-refractivity contribution in [2.45, 2.75) is 13.0 Å². The Bertz CT molecular complexity index is 1090. The van der Waals surface area contributed by atoms with Gasteiger partial charge in [0.25, 0.3) is 5.91 Å². The van der Waals surface area contributed by atoms with E-state index in [1.54, 1.807) is 24.3 Å². The molecule has 154 valence electrons. The van der Waals surface area contributed by atoms with Crippen LogP contribution in [0.5, 0.6) is 11.5 Å². The van der Waals surface area contributed by atoms with Crippen molar-refractivity contribution in [1.29, 1.82) is 0 Å². The summed E-state index contributed by atoms with van der Waals surface area (Å²) in [4.78, 5) is 23.3. The van der Waals surface area contributed by atoms with Gasteiger partial charge < -0.3 is 20.5 Å². The van der Waals surface area contributed by atoms with E-state index in [2.05, 4.69) is 23.5 Å². The number of nitrogens with two attached hydrogens (primary N) is 1. The molecule has 3 rings (SSSR count). The van der Waals surface area contributed by atoms with E-state index in [0.717, 1.165) is 21.9 Å². The number of rotatable bonds is 8. The molecule has 0 aromatic heterocycles. The van der Waals surface area contributed by atoms with E-state index in [-0.39, 0.29) is 18.6 Å². The Balaban J connectivity index is 1.68. The molecule has 3 aromatic rings. The average Bonchev–Trinajstić information content (AvgIpc) is 2.75. The van der Waals surface area contributed by atoms with Crippen LogP contribution in [0.1, 0.15) is 24.1 Å². The minimum atomic E-state index is -0.571. The molecule has 0 aliphatic heterocycles. The molecule has 0 heterocycles. The number of fused-ring (bicyclic) bond motifs is 1. The zero-order chi connectivity index (χ0) is 21.5. The van der Waals surface area contributed by atoms with E-state index in [1.165, 1.54) is 13.2 Å². The highest BCUT2D eigenvalue weighted by atomic mass is 16.5. The molecule has 0 aliphatic rings. The molecule has 0 saturated carbocycles. The average molecular weight is 404 g/mol. The molecular formula is C24H24N2O4. The number of amides is 2. The summed E-state index contributed by atoms with van der Waals surface area (Å²) >= 11 is 0. The van der Waals surface area contributed by atoms with Crippen LogP contribution in [0.25, 0.3) is 16.8 Å². The monoisotopic (exact) mass is 404 g/mol. The van der Waals surface area contributed by atoms with Crippen LogP contribution in [0.15, 0.2) is 66.7 Å². The number of benzene rings is 3. The van der Waals surface area contributed by atoms with Crippen LogP contribution in [0, 0.1) is 0 Å². The summed E-state index contributed by atoms with van der Waals surface area (Å²) in [5.74, 6) is 0.0758. The highest BCUT2D eigenvalue weighted by molar-refractivity contribution is 5.93. The lowest BCUT2D eigenvalue weighted by molar-refractivity contribution is -0.120. The maximum atomic E-state index is 12.4. The van der Waals surface area contributed by atoms with Crippen LogP contribution >= 0.6 is 0 Å². The van der Waals surface area contributed by atoms with Crippen LogP contribution in [-0.2, 0) is 9.59 Å². The smallest absolute Gasteiger partial charge is 0.255 e. The molecule has 0 spiro atoms. The summed E-state index contributed by atoms with van der Waals surface area (Å²) in [5.41, 5.74) is 6.91. The lowest BCUT2D eigenvalue weighted by Crippen LogP contribution is -2.24. The third kappa shape index (κ3) is 5.17. The van der Waals surface area contributed by atoms with E-state index in [9.17, 15) is 9.59 Å². The van der Waals surface area contributed by atoms with E-state index in [0.29, 0.717) is 11.5 Å². The molecule has 6 nitrogen and oxygen atoms in total. The molecule has 0 bridgehead atoms. The van der Waals surface area contributed by atoms with E-state index in [1.807, 2.05) is 31.2 Å². The highest BCUT2D eigenvalue weighted by Crippen LogP contribution is 2.28. The predicted octanol–water partition coefficient (Wildman–Crippen LogP) is 3.60. The third-order valence-corrected chi connectivity index (χ3v) is 4.63. The van der Waals surface area contributed by atoms with Gasteiger partial charge >= 0.3 is 0 Å². The molecule has 2 amide bonds. The third-order valence-electron chi connectivity index (χ3n) is 4.63. The second-order valence-electron chi connectivity index (χ2n) is 6.80. The summed E-state index contributed by atoms with van der Waals surface area (Å²) in [6.07, 6.45) is 3.16. The van der Waals surface area contributed by atoms with Crippen molar-refractivity contribution in [2.75, 3.05) is 13.7 Å². The van der Waals surface area contributed by atoms with Crippen molar-refractivity contribution in [2.24, 2.45) is 5.73 Å². The summed E-state index contributed by atoms with van der Waals surface area (Å²) in [5, 5.41) is 5.25. The van der Waals surface area contributed by atoms with Crippen LogP contribution in [-0.4, -0.2) is 25.5 Å². The van der Waals surface area contributed by atoms with Gasteiger partial charge in [0, 0.05) is 6.08 Å². The molecule has 3 aromatic carbocycles. The molecule has 1 unspecified atom stereocenters. The fraction of sp³-hybridized carbons (Fsp3) is 0.167. The Morgan fingerprint density at radius 2 is 1.83 bits per heavy atom. The number of hydrogen-bond donors (Lipinski definition) is 2. The van der Waals surface area contributed by atoms with Crippen LogP contribution in [0.3, 0.4) is 0 Å². The standard InChI is InChI=1S/C24H24N2O4/c1-16(19-9-5-7-18-6-3-4-8-20(18)19)26-24(28)13-11-17-10-12-21(22(14-17)29-2)30-15-23(25)27/h3-14,16H,15H2,1-2H3,(H2,25,27)(H,26,28)/b13-11+. The molecule has 0 fully saturated rings. The maximum absolute atomic E-state index is 12.4. The first-order valence-electron chi connectivity index (χ1n) is 9.53. The number of ether oxygens (including phenoxy) is 2. The Labute approximate surface area is 175 Å².